The molecule has 1 amide bonds. The second kappa shape index (κ2) is 9.14. The Balaban J connectivity index is 1.64. The second-order valence-electron chi connectivity index (χ2n) is 6.92. The van der Waals surface area contributed by atoms with E-state index in [1.165, 1.54) is 16.2 Å². The quantitative estimate of drug-likeness (QED) is 0.484. The monoisotopic (exact) mass is 582 g/mol. The molecule has 1 aliphatic heterocycles. The summed E-state index contributed by atoms with van der Waals surface area (Å²) in [5.74, 6) is -0.557. The molecule has 4 rings (SSSR count). The van der Waals surface area contributed by atoms with Gasteiger partial charge in [0.1, 0.15) is 13.1 Å². The first-order valence-corrected chi connectivity index (χ1v) is 11.8. The van der Waals surface area contributed by atoms with Gasteiger partial charge in [0.25, 0.3) is 5.91 Å². The predicted octanol–water partition coefficient (Wildman–Crippen LogP) is 2.65. The molecule has 1 saturated heterocycles. The number of fused-ring (bicyclic) bond motifs is 1. The van der Waals surface area contributed by atoms with Crippen molar-refractivity contribution in [3.8, 4) is 10.6 Å². The molecule has 13 heteroatoms. The molecule has 0 aliphatic carbocycles. The normalized spacial score (nSPS) is 15.5. The number of morpholine rings is 1. The number of hydrogen-bond donors (Lipinski definition) is 2. The van der Waals surface area contributed by atoms with E-state index in [-0.39, 0.29) is 21.5 Å². The Bertz CT molecular complexity index is 1110. The zero-order chi connectivity index (χ0) is 22.2. The number of quaternary nitrogens is 1. The van der Waals surface area contributed by atoms with Gasteiger partial charge < -0.3 is 15.0 Å². The molecule has 1 fully saturated rings. The van der Waals surface area contributed by atoms with E-state index in [9.17, 15) is 18.0 Å². The van der Waals surface area contributed by atoms with Crippen LogP contribution < -0.4 is 10.2 Å². The van der Waals surface area contributed by atoms with E-state index in [0.29, 0.717) is 35.7 Å². The minimum Gasteiger partial charge on any atom is -0.370 e. The maximum Gasteiger partial charge on any atom is 0.433 e. The van der Waals surface area contributed by atoms with Crippen molar-refractivity contribution in [3.05, 3.63) is 37.8 Å². The lowest BCUT2D eigenvalue weighted by molar-refractivity contribution is -0.906. The van der Waals surface area contributed by atoms with Gasteiger partial charge in [-0.05, 0) is 44.0 Å². The van der Waals surface area contributed by atoms with Gasteiger partial charge in [-0.15, -0.1) is 11.3 Å². The van der Waals surface area contributed by atoms with Crippen molar-refractivity contribution in [2.75, 3.05) is 39.4 Å². The van der Waals surface area contributed by atoms with Gasteiger partial charge in [0.05, 0.1) is 41.3 Å². The number of halogens is 5. The summed E-state index contributed by atoms with van der Waals surface area (Å²) in [4.78, 5) is 18.8. The van der Waals surface area contributed by atoms with Crippen molar-refractivity contribution in [2.45, 2.75) is 6.18 Å². The molecule has 0 aromatic carbocycles. The number of thiophene rings is 1. The van der Waals surface area contributed by atoms with Gasteiger partial charge in [0.15, 0.2) is 17.0 Å². The fraction of sp³-hybridized carbons (Fsp3) is 0.389. The maximum absolute atomic E-state index is 13.7. The number of carbonyl (C=O) groups excluding carboxylic acids is 1. The topological polar surface area (TPSA) is 73.0 Å². The lowest BCUT2D eigenvalue weighted by atomic mass is 10.2. The number of alkyl halides is 3. The third-order valence-electron chi connectivity index (χ3n) is 4.82. The molecule has 0 saturated carbocycles. The molecule has 3 aromatic rings. The standard InChI is InChI=1S/C18H16Br2F3N5O2S/c19-10-7-12(31-9-10)11-8-13(18(21,22)23)28-16(25-11)14(20)15(26-28)17(29)24-1-2-27-3-5-30-6-4-27/h7-9H,1-6H2,(H,24,29)/p+1. The second-order valence-corrected chi connectivity index (χ2v) is 9.54. The molecule has 0 spiro atoms. The average Bonchev–Trinajstić information content (AvgIpc) is 3.31. The third-order valence-corrected chi connectivity index (χ3v) is 7.27. The van der Waals surface area contributed by atoms with Crippen LogP contribution in [-0.2, 0) is 10.9 Å². The van der Waals surface area contributed by atoms with Crippen LogP contribution in [0.15, 0.2) is 26.5 Å². The van der Waals surface area contributed by atoms with E-state index >= 15 is 0 Å². The molecule has 0 radical (unpaired) electrons. The van der Waals surface area contributed by atoms with Gasteiger partial charge in [0.2, 0.25) is 0 Å². The molecule has 0 atom stereocenters. The van der Waals surface area contributed by atoms with Crippen LogP contribution in [0.1, 0.15) is 16.2 Å². The van der Waals surface area contributed by atoms with E-state index < -0.39 is 17.8 Å². The number of nitrogens with one attached hydrogen (secondary N) is 2. The van der Waals surface area contributed by atoms with Crippen molar-refractivity contribution >= 4 is 54.8 Å². The zero-order valence-corrected chi connectivity index (χ0v) is 19.9. The van der Waals surface area contributed by atoms with Crippen LogP contribution in [0.5, 0.6) is 0 Å². The minimum absolute atomic E-state index is 0.0710. The predicted molar refractivity (Wildman–Crippen MR) is 115 cm³/mol. The summed E-state index contributed by atoms with van der Waals surface area (Å²) in [7, 11) is 0. The molecular weight excluding hydrogens is 567 g/mol. The van der Waals surface area contributed by atoms with Crippen molar-refractivity contribution in [1.29, 1.82) is 0 Å². The first-order valence-electron chi connectivity index (χ1n) is 9.34. The molecule has 0 unspecified atom stereocenters. The van der Waals surface area contributed by atoms with Crippen LogP contribution in [0.3, 0.4) is 0 Å². The number of aromatic nitrogens is 3. The van der Waals surface area contributed by atoms with Crippen molar-refractivity contribution in [2.24, 2.45) is 0 Å². The van der Waals surface area contributed by atoms with Crippen molar-refractivity contribution in [3.63, 3.8) is 0 Å². The number of carbonyl (C=O) groups is 1. The summed E-state index contributed by atoms with van der Waals surface area (Å²) in [6.45, 7) is 4.14. The van der Waals surface area contributed by atoms with E-state index in [2.05, 4.69) is 47.3 Å². The van der Waals surface area contributed by atoms with Gasteiger partial charge >= 0.3 is 6.18 Å². The first kappa shape index (κ1) is 22.6. The lowest BCUT2D eigenvalue weighted by Crippen LogP contribution is -3.14. The Morgan fingerprint density at radius 3 is 2.68 bits per heavy atom. The largest absolute Gasteiger partial charge is 0.433 e. The molecule has 166 valence electrons. The zero-order valence-electron chi connectivity index (χ0n) is 15.9. The Morgan fingerprint density at radius 2 is 2.03 bits per heavy atom. The number of amides is 1. The smallest absolute Gasteiger partial charge is 0.370 e. The summed E-state index contributed by atoms with van der Waals surface area (Å²) in [5, 5.41) is 8.42. The summed E-state index contributed by atoms with van der Waals surface area (Å²) in [5.41, 5.74) is -1.06. The van der Waals surface area contributed by atoms with Crippen LogP contribution in [0.4, 0.5) is 13.2 Å². The molecule has 3 aromatic heterocycles. The molecule has 2 N–H and O–H groups in total. The SMILES string of the molecule is O=C(NCC[NH+]1CCOCC1)c1nn2c(C(F)(F)F)cc(-c3cc(Br)cs3)nc2c1Br. The van der Waals surface area contributed by atoms with E-state index in [1.807, 2.05) is 0 Å². The van der Waals surface area contributed by atoms with Crippen LogP contribution in [0.25, 0.3) is 16.2 Å². The highest BCUT2D eigenvalue weighted by atomic mass is 79.9. The fourth-order valence-electron chi connectivity index (χ4n) is 3.26. The van der Waals surface area contributed by atoms with Crippen LogP contribution >= 0.6 is 43.2 Å². The van der Waals surface area contributed by atoms with Gasteiger partial charge in [0, 0.05) is 9.85 Å². The average molecular weight is 584 g/mol. The molecule has 1 aliphatic rings. The number of ether oxygens (including phenoxy) is 1. The van der Waals surface area contributed by atoms with Gasteiger partial charge in [-0.25, -0.2) is 9.50 Å². The number of hydrogen-bond acceptors (Lipinski definition) is 5. The fourth-order valence-corrected chi connectivity index (χ4v) is 5.16. The highest BCUT2D eigenvalue weighted by molar-refractivity contribution is 9.11. The molecule has 31 heavy (non-hydrogen) atoms. The Morgan fingerprint density at radius 1 is 1.29 bits per heavy atom. The third kappa shape index (κ3) is 4.95. The van der Waals surface area contributed by atoms with Crippen molar-refractivity contribution in [1.82, 2.24) is 19.9 Å². The van der Waals surface area contributed by atoms with Crippen LogP contribution in [-0.4, -0.2) is 59.9 Å². The highest BCUT2D eigenvalue weighted by Gasteiger charge is 2.36. The van der Waals surface area contributed by atoms with E-state index in [4.69, 9.17) is 4.74 Å². The summed E-state index contributed by atoms with van der Waals surface area (Å²) in [6, 6.07) is 2.63. The van der Waals surface area contributed by atoms with Crippen molar-refractivity contribution < 1.29 is 27.6 Å². The number of nitrogens with zero attached hydrogens (tertiary/aromatic N) is 3. The highest BCUT2D eigenvalue weighted by Crippen LogP contribution is 2.36. The van der Waals surface area contributed by atoms with Crippen LogP contribution in [0.2, 0.25) is 0 Å². The Hall–Kier alpha value is -1.54. The Labute approximate surface area is 195 Å². The van der Waals surface area contributed by atoms with Gasteiger partial charge in [-0.3, -0.25) is 4.79 Å². The first-order chi connectivity index (χ1) is 14.7. The molecule has 0 bridgehead atoms. The number of rotatable bonds is 5. The van der Waals surface area contributed by atoms with E-state index in [1.54, 1.807) is 11.4 Å². The van der Waals surface area contributed by atoms with Crippen LogP contribution in [0, 0.1) is 0 Å². The Kier molecular flexibility index (Phi) is 6.68. The lowest BCUT2D eigenvalue weighted by Gasteiger charge is -2.23. The maximum atomic E-state index is 13.7. The molecular formula is C18H17Br2F3N5O2S+. The summed E-state index contributed by atoms with van der Waals surface area (Å²) in [6.07, 6.45) is -4.68. The minimum atomic E-state index is -4.68. The van der Waals surface area contributed by atoms with Gasteiger partial charge in [-0.1, -0.05) is 0 Å². The molecule has 7 nitrogen and oxygen atoms in total. The molecule has 4 heterocycles. The van der Waals surface area contributed by atoms with E-state index in [0.717, 1.165) is 23.6 Å². The van der Waals surface area contributed by atoms with Gasteiger partial charge in [-0.2, -0.15) is 18.3 Å². The summed E-state index contributed by atoms with van der Waals surface area (Å²) < 4.78 is 48.1. The summed E-state index contributed by atoms with van der Waals surface area (Å²) >= 11 is 7.79.